The van der Waals surface area contributed by atoms with Gasteiger partial charge in [-0.2, -0.15) is 0 Å². The number of hydrogen-bond donors (Lipinski definition) is 1. The standard InChI is InChI=1S/C11H14F2N2O3/c1-17-8-3-6(5-14)15-10(11(12)13)7(8)4-9(16)18-2/h3,11H,4-5,14H2,1-2H3. The average molecular weight is 260 g/mol. The second-order valence-electron chi connectivity index (χ2n) is 3.44. The maximum atomic E-state index is 12.9. The first kappa shape index (κ1) is 14.3. The van der Waals surface area contributed by atoms with Crippen LogP contribution in [0.3, 0.4) is 0 Å². The summed E-state index contributed by atoms with van der Waals surface area (Å²) in [6, 6.07) is 1.43. The number of alkyl halides is 2. The number of nitrogens with zero attached hydrogens (tertiary/aromatic N) is 1. The van der Waals surface area contributed by atoms with Gasteiger partial charge in [0.2, 0.25) is 0 Å². The smallest absolute Gasteiger partial charge is 0.310 e. The minimum Gasteiger partial charge on any atom is -0.496 e. The molecule has 0 spiro atoms. The first-order valence-electron chi connectivity index (χ1n) is 5.15. The molecule has 0 saturated carbocycles. The third-order valence-electron chi connectivity index (χ3n) is 2.35. The predicted molar refractivity (Wildman–Crippen MR) is 59.4 cm³/mol. The Balaban J connectivity index is 3.30. The molecule has 0 amide bonds. The van der Waals surface area contributed by atoms with Crippen LogP contribution in [0.5, 0.6) is 5.75 Å². The number of methoxy groups -OCH3 is 2. The first-order valence-corrected chi connectivity index (χ1v) is 5.15. The molecule has 0 bridgehead atoms. The van der Waals surface area contributed by atoms with Crippen molar-refractivity contribution in [1.82, 2.24) is 4.98 Å². The van der Waals surface area contributed by atoms with Crippen molar-refractivity contribution in [1.29, 1.82) is 0 Å². The molecule has 18 heavy (non-hydrogen) atoms. The van der Waals surface area contributed by atoms with Gasteiger partial charge in [0.25, 0.3) is 6.43 Å². The Bertz CT molecular complexity index is 439. The lowest BCUT2D eigenvalue weighted by Gasteiger charge is -2.13. The summed E-state index contributed by atoms with van der Waals surface area (Å²) in [4.78, 5) is 14.9. The Hall–Kier alpha value is -1.76. The molecule has 1 heterocycles. The van der Waals surface area contributed by atoms with Gasteiger partial charge in [-0.25, -0.2) is 13.8 Å². The van der Waals surface area contributed by atoms with Crippen LogP contribution >= 0.6 is 0 Å². The van der Waals surface area contributed by atoms with Gasteiger partial charge in [-0.1, -0.05) is 0 Å². The molecule has 100 valence electrons. The van der Waals surface area contributed by atoms with Crippen LogP contribution in [-0.4, -0.2) is 25.2 Å². The number of esters is 1. The van der Waals surface area contributed by atoms with E-state index in [2.05, 4.69) is 9.72 Å². The quantitative estimate of drug-likeness (QED) is 0.805. The number of ether oxygens (including phenoxy) is 2. The highest BCUT2D eigenvalue weighted by atomic mass is 19.3. The number of halogens is 2. The summed E-state index contributed by atoms with van der Waals surface area (Å²) < 4.78 is 35.2. The lowest BCUT2D eigenvalue weighted by atomic mass is 10.1. The van der Waals surface area contributed by atoms with Crippen molar-refractivity contribution in [3.05, 3.63) is 23.0 Å². The Morgan fingerprint density at radius 3 is 2.61 bits per heavy atom. The number of pyridine rings is 1. The van der Waals surface area contributed by atoms with E-state index in [4.69, 9.17) is 10.5 Å². The fraction of sp³-hybridized carbons (Fsp3) is 0.455. The molecular formula is C11H14F2N2O3. The highest BCUT2D eigenvalue weighted by molar-refractivity contribution is 5.74. The van der Waals surface area contributed by atoms with E-state index in [1.54, 1.807) is 0 Å². The molecule has 0 unspecified atom stereocenters. The Morgan fingerprint density at radius 1 is 1.50 bits per heavy atom. The SMILES string of the molecule is COC(=O)Cc1c(OC)cc(CN)nc1C(F)F. The summed E-state index contributed by atoms with van der Waals surface area (Å²) in [5.74, 6) is -0.483. The number of hydrogen-bond acceptors (Lipinski definition) is 5. The number of carbonyl (C=O) groups excluding carboxylic acids is 1. The van der Waals surface area contributed by atoms with Crippen LogP contribution in [0.4, 0.5) is 8.78 Å². The largest absolute Gasteiger partial charge is 0.496 e. The predicted octanol–water partition coefficient (Wildman–Crippen LogP) is 1.20. The van der Waals surface area contributed by atoms with E-state index >= 15 is 0 Å². The average Bonchev–Trinajstić information content (AvgIpc) is 2.38. The molecule has 1 rings (SSSR count). The van der Waals surface area contributed by atoms with Crippen molar-refractivity contribution in [2.24, 2.45) is 5.73 Å². The molecule has 5 nitrogen and oxygen atoms in total. The van der Waals surface area contributed by atoms with Gasteiger partial charge >= 0.3 is 5.97 Å². The molecule has 7 heteroatoms. The zero-order chi connectivity index (χ0) is 13.7. The van der Waals surface area contributed by atoms with Crippen molar-refractivity contribution < 1.29 is 23.0 Å². The van der Waals surface area contributed by atoms with E-state index in [1.807, 2.05) is 0 Å². The molecule has 0 saturated heterocycles. The summed E-state index contributed by atoms with van der Waals surface area (Å²) in [5, 5.41) is 0. The summed E-state index contributed by atoms with van der Waals surface area (Å²) in [6.45, 7) is 0.00852. The van der Waals surface area contributed by atoms with Gasteiger partial charge in [-0.05, 0) is 0 Å². The van der Waals surface area contributed by atoms with Crippen molar-refractivity contribution in [2.75, 3.05) is 14.2 Å². The van der Waals surface area contributed by atoms with Gasteiger partial charge in [0.05, 0.1) is 26.3 Å². The summed E-state index contributed by atoms with van der Waals surface area (Å²) >= 11 is 0. The molecule has 2 N–H and O–H groups in total. The molecule has 1 aromatic heterocycles. The summed E-state index contributed by atoms with van der Waals surface area (Å²) in [7, 11) is 2.50. The van der Waals surface area contributed by atoms with Crippen molar-refractivity contribution in [3.63, 3.8) is 0 Å². The van der Waals surface area contributed by atoms with Crippen molar-refractivity contribution in [3.8, 4) is 5.75 Å². The van der Waals surface area contributed by atoms with E-state index in [0.717, 1.165) is 0 Å². The molecule has 0 aromatic carbocycles. The molecule has 1 aromatic rings. The lowest BCUT2D eigenvalue weighted by Crippen LogP contribution is -2.12. The van der Waals surface area contributed by atoms with Crippen LogP contribution in [0.1, 0.15) is 23.4 Å². The summed E-state index contributed by atoms with van der Waals surface area (Å²) in [5.41, 5.74) is 5.16. The minimum atomic E-state index is -2.81. The molecular weight excluding hydrogens is 246 g/mol. The third-order valence-corrected chi connectivity index (χ3v) is 2.35. The second kappa shape index (κ2) is 6.25. The van der Waals surface area contributed by atoms with Gasteiger partial charge in [-0.3, -0.25) is 4.79 Å². The second-order valence-corrected chi connectivity index (χ2v) is 3.44. The first-order chi connectivity index (χ1) is 8.53. The maximum Gasteiger partial charge on any atom is 0.310 e. The van der Waals surface area contributed by atoms with E-state index in [9.17, 15) is 13.6 Å². The van der Waals surface area contributed by atoms with Crippen LogP contribution in [0.2, 0.25) is 0 Å². The molecule has 0 aliphatic carbocycles. The van der Waals surface area contributed by atoms with E-state index in [-0.39, 0.29) is 30.0 Å². The zero-order valence-corrected chi connectivity index (χ0v) is 10.1. The number of aromatic nitrogens is 1. The van der Waals surface area contributed by atoms with Crippen LogP contribution in [0.25, 0.3) is 0 Å². The highest BCUT2D eigenvalue weighted by Crippen LogP contribution is 2.29. The summed E-state index contributed by atoms with van der Waals surface area (Å²) in [6.07, 6.45) is -3.14. The van der Waals surface area contributed by atoms with Crippen molar-refractivity contribution >= 4 is 5.97 Å². The Kier molecular flexibility index (Phi) is 4.96. The van der Waals surface area contributed by atoms with Gasteiger partial charge in [-0.15, -0.1) is 0 Å². The zero-order valence-electron chi connectivity index (χ0n) is 10.1. The van der Waals surface area contributed by atoms with Gasteiger partial charge in [0.15, 0.2) is 0 Å². The molecule has 0 aliphatic rings. The lowest BCUT2D eigenvalue weighted by molar-refractivity contribution is -0.139. The topological polar surface area (TPSA) is 74.4 Å². The van der Waals surface area contributed by atoms with E-state index < -0.39 is 18.1 Å². The molecule has 0 atom stereocenters. The third kappa shape index (κ3) is 3.13. The maximum absolute atomic E-state index is 12.9. The number of nitrogens with two attached hydrogens (primary N) is 1. The van der Waals surface area contributed by atoms with E-state index in [0.29, 0.717) is 0 Å². The van der Waals surface area contributed by atoms with Crippen LogP contribution in [0.15, 0.2) is 6.07 Å². The molecule has 0 fully saturated rings. The Labute approximate surface area is 103 Å². The van der Waals surface area contributed by atoms with Gasteiger partial charge in [0, 0.05) is 18.2 Å². The number of rotatable bonds is 5. The normalized spacial score (nSPS) is 10.6. The van der Waals surface area contributed by atoms with Gasteiger partial charge in [0.1, 0.15) is 11.4 Å². The highest BCUT2D eigenvalue weighted by Gasteiger charge is 2.22. The van der Waals surface area contributed by atoms with E-state index in [1.165, 1.54) is 20.3 Å². The van der Waals surface area contributed by atoms with Gasteiger partial charge < -0.3 is 15.2 Å². The minimum absolute atomic E-state index is 0.00852. The fourth-order valence-electron chi connectivity index (χ4n) is 1.48. The fourth-order valence-corrected chi connectivity index (χ4v) is 1.48. The van der Waals surface area contributed by atoms with Crippen LogP contribution in [0, 0.1) is 0 Å². The number of carbonyl (C=O) groups is 1. The Morgan fingerprint density at radius 2 is 2.17 bits per heavy atom. The van der Waals surface area contributed by atoms with Crippen molar-refractivity contribution in [2.45, 2.75) is 19.4 Å². The van der Waals surface area contributed by atoms with Crippen LogP contribution < -0.4 is 10.5 Å². The monoisotopic (exact) mass is 260 g/mol. The van der Waals surface area contributed by atoms with Crippen LogP contribution in [-0.2, 0) is 22.5 Å². The molecule has 0 aliphatic heterocycles. The molecule has 0 radical (unpaired) electrons.